The van der Waals surface area contributed by atoms with Crippen molar-refractivity contribution in [3.05, 3.63) is 37.8 Å². The number of ether oxygens (including phenoxy) is 1. The SMILES string of the molecule is O=C(NCCN1CCOCC1)c1nn2c(C(F)(F)F)cc(-c3cc(Br)cs3)nc2c1Br. The van der Waals surface area contributed by atoms with Gasteiger partial charge in [0.1, 0.15) is 0 Å². The molecule has 3 aromatic heterocycles. The van der Waals surface area contributed by atoms with E-state index in [4.69, 9.17) is 4.74 Å². The first-order chi connectivity index (χ1) is 14.7. The summed E-state index contributed by atoms with van der Waals surface area (Å²) in [7, 11) is 0. The maximum Gasteiger partial charge on any atom is 0.433 e. The highest BCUT2D eigenvalue weighted by Gasteiger charge is 2.36. The van der Waals surface area contributed by atoms with Crippen LogP contribution >= 0.6 is 43.2 Å². The van der Waals surface area contributed by atoms with E-state index in [1.165, 1.54) is 11.3 Å². The molecule has 0 bridgehead atoms. The number of nitrogens with zero attached hydrogens (tertiary/aromatic N) is 4. The highest BCUT2D eigenvalue weighted by Crippen LogP contribution is 2.36. The van der Waals surface area contributed by atoms with E-state index in [0.717, 1.165) is 23.6 Å². The smallest absolute Gasteiger partial charge is 0.379 e. The first-order valence-corrected chi connectivity index (χ1v) is 11.7. The van der Waals surface area contributed by atoms with Crippen LogP contribution in [0.25, 0.3) is 16.2 Å². The molecule has 166 valence electrons. The number of carbonyl (C=O) groups excluding carboxylic acids is 1. The number of nitrogens with one attached hydrogen (secondary N) is 1. The molecular formula is C18H16Br2F3N5O2S. The Morgan fingerprint density at radius 1 is 1.26 bits per heavy atom. The first-order valence-electron chi connectivity index (χ1n) is 9.23. The van der Waals surface area contributed by atoms with Crippen LogP contribution in [0, 0.1) is 0 Å². The summed E-state index contributed by atoms with van der Waals surface area (Å²) in [6.07, 6.45) is -4.68. The fraction of sp³-hybridized carbons (Fsp3) is 0.389. The Labute approximate surface area is 195 Å². The number of aromatic nitrogens is 3. The fourth-order valence-electron chi connectivity index (χ4n) is 3.15. The van der Waals surface area contributed by atoms with Crippen molar-refractivity contribution in [3.63, 3.8) is 0 Å². The molecule has 0 radical (unpaired) electrons. The molecule has 31 heavy (non-hydrogen) atoms. The number of hydrogen-bond acceptors (Lipinski definition) is 6. The molecule has 0 atom stereocenters. The monoisotopic (exact) mass is 581 g/mol. The van der Waals surface area contributed by atoms with Crippen molar-refractivity contribution in [3.8, 4) is 10.6 Å². The van der Waals surface area contributed by atoms with Crippen molar-refractivity contribution in [1.82, 2.24) is 24.8 Å². The van der Waals surface area contributed by atoms with E-state index in [1.807, 2.05) is 0 Å². The normalized spacial score (nSPS) is 15.5. The zero-order valence-corrected chi connectivity index (χ0v) is 19.9. The van der Waals surface area contributed by atoms with Gasteiger partial charge in [-0.1, -0.05) is 0 Å². The highest BCUT2D eigenvalue weighted by atomic mass is 79.9. The Bertz CT molecular complexity index is 1110. The lowest BCUT2D eigenvalue weighted by molar-refractivity contribution is -0.142. The second-order valence-corrected chi connectivity index (χ2v) is 9.38. The molecule has 0 aliphatic carbocycles. The van der Waals surface area contributed by atoms with Gasteiger partial charge < -0.3 is 10.1 Å². The second-order valence-electron chi connectivity index (χ2n) is 6.76. The number of hydrogen-bond donors (Lipinski definition) is 1. The minimum Gasteiger partial charge on any atom is -0.379 e. The van der Waals surface area contributed by atoms with E-state index in [-0.39, 0.29) is 21.5 Å². The third-order valence-corrected chi connectivity index (χ3v) is 7.12. The molecule has 0 aromatic carbocycles. The predicted octanol–water partition coefficient (Wildman–Crippen LogP) is 4.06. The standard InChI is InChI=1S/C18H16Br2F3N5O2S/c19-10-7-12(31-9-10)11-8-13(18(21,22)23)28-16(25-11)14(20)15(26-28)17(29)24-1-2-27-3-5-30-6-4-27/h7-9H,1-6H2,(H,24,29). The summed E-state index contributed by atoms with van der Waals surface area (Å²) in [4.78, 5) is 19.6. The molecule has 4 heterocycles. The summed E-state index contributed by atoms with van der Waals surface area (Å²) >= 11 is 7.78. The number of rotatable bonds is 5. The molecule has 1 aliphatic rings. The first kappa shape index (κ1) is 22.6. The largest absolute Gasteiger partial charge is 0.433 e. The van der Waals surface area contributed by atoms with Crippen LogP contribution in [0.15, 0.2) is 26.5 Å². The van der Waals surface area contributed by atoms with Gasteiger partial charge >= 0.3 is 6.18 Å². The van der Waals surface area contributed by atoms with Crippen LogP contribution in [0.5, 0.6) is 0 Å². The predicted molar refractivity (Wildman–Crippen MR) is 116 cm³/mol. The molecule has 1 saturated heterocycles. The van der Waals surface area contributed by atoms with E-state index in [0.29, 0.717) is 35.7 Å². The third kappa shape index (κ3) is 4.95. The van der Waals surface area contributed by atoms with Crippen LogP contribution in [-0.4, -0.2) is 64.8 Å². The van der Waals surface area contributed by atoms with Gasteiger partial charge in [-0.15, -0.1) is 11.3 Å². The van der Waals surface area contributed by atoms with Gasteiger partial charge in [-0.25, -0.2) is 9.50 Å². The number of morpholine rings is 1. The van der Waals surface area contributed by atoms with Crippen LogP contribution in [0.1, 0.15) is 16.2 Å². The van der Waals surface area contributed by atoms with Gasteiger partial charge in [0, 0.05) is 36.0 Å². The van der Waals surface area contributed by atoms with Crippen LogP contribution in [0.4, 0.5) is 13.2 Å². The van der Waals surface area contributed by atoms with Crippen LogP contribution in [0.3, 0.4) is 0 Å². The Balaban J connectivity index is 1.64. The van der Waals surface area contributed by atoms with E-state index < -0.39 is 17.8 Å². The average Bonchev–Trinajstić information content (AvgIpc) is 3.31. The zero-order valence-electron chi connectivity index (χ0n) is 15.9. The number of thiophene rings is 1. The van der Waals surface area contributed by atoms with Crippen LogP contribution < -0.4 is 5.32 Å². The lowest BCUT2D eigenvalue weighted by atomic mass is 10.2. The van der Waals surface area contributed by atoms with E-state index in [1.54, 1.807) is 11.4 Å². The molecule has 13 heteroatoms. The van der Waals surface area contributed by atoms with Crippen molar-refractivity contribution in [2.45, 2.75) is 6.18 Å². The lowest BCUT2D eigenvalue weighted by Gasteiger charge is -2.26. The molecule has 1 amide bonds. The van der Waals surface area contributed by atoms with Gasteiger partial charge in [0.2, 0.25) is 0 Å². The number of carbonyl (C=O) groups is 1. The maximum absolute atomic E-state index is 13.7. The summed E-state index contributed by atoms with van der Waals surface area (Å²) in [5, 5.41) is 8.39. The van der Waals surface area contributed by atoms with E-state index in [9.17, 15) is 18.0 Å². The third-order valence-electron chi connectivity index (χ3n) is 4.68. The molecule has 7 nitrogen and oxygen atoms in total. The van der Waals surface area contributed by atoms with E-state index >= 15 is 0 Å². The minimum absolute atomic E-state index is 0.0762. The Kier molecular flexibility index (Phi) is 6.68. The molecule has 0 unspecified atom stereocenters. The zero-order chi connectivity index (χ0) is 22.2. The van der Waals surface area contributed by atoms with Crippen molar-refractivity contribution < 1.29 is 22.7 Å². The second kappa shape index (κ2) is 9.14. The van der Waals surface area contributed by atoms with Crippen LogP contribution in [-0.2, 0) is 10.9 Å². The Morgan fingerprint density at radius 3 is 2.65 bits per heavy atom. The summed E-state index contributed by atoms with van der Waals surface area (Å²) in [5.41, 5.74) is -1.09. The molecule has 4 rings (SSSR count). The van der Waals surface area contributed by atoms with Gasteiger partial charge in [0.15, 0.2) is 17.0 Å². The van der Waals surface area contributed by atoms with Gasteiger partial charge in [-0.05, 0) is 44.0 Å². The fourth-order valence-corrected chi connectivity index (χ4v) is 5.05. The minimum atomic E-state index is -4.68. The molecule has 1 fully saturated rings. The Morgan fingerprint density at radius 2 is 2.00 bits per heavy atom. The number of halogens is 5. The molecule has 0 spiro atoms. The topological polar surface area (TPSA) is 71.8 Å². The van der Waals surface area contributed by atoms with Gasteiger partial charge in [0.05, 0.1) is 28.3 Å². The number of alkyl halides is 3. The van der Waals surface area contributed by atoms with E-state index in [2.05, 4.69) is 52.2 Å². The summed E-state index contributed by atoms with van der Waals surface area (Å²) in [5.74, 6) is -0.570. The molecule has 1 aliphatic heterocycles. The molecular weight excluding hydrogens is 567 g/mol. The van der Waals surface area contributed by atoms with Crippen molar-refractivity contribution in [2.75, 3.05) is 39.4 Å². The van der Waals surface area contributed by atoms with Gasteiger partial charge in [-0.3, -0.25) is 9.69 Å². The highest BCUT2D eigenvalue weighted by molar-refractivity contribution is 9.11. The Hall–Kier alpha value is -1.54. The maximum atomic E-state index is 13.7. The molecule has 3 aromatic rings. The average molecular weight is 583 g/mol. The van der Waals surface area contributed by atoms with Gasteiger partial charge in [-0.2, -0.15) is 18.3 Å². The number of fused-ring (bicyclic) bond motifs is 1. The summed E-state index contributed by atoms with van der Waals surface area (Å²) in [6.45, 7) is 3.78. The van der Waals surface area contributed by atoms with Crippen molar-refractivity contribution in [2.24, 2.45) is 0 Å². The molecule has 1 N–H and O–H groups in total. The van der Waals surface area contributed by atoms with Crippen molar-refractivity contribution in [1.29, 1.82) is 0 Å². The quantitative estimate of drug-likeness (QED) is 0.491. The van der Waals surface area contributed by atoms with Gasteiger partial charge in [0.25, 0.3) is 5.91 Å². The van der Waals surface area contributed by atoms with Crippen molar-refractivity contribution >= 4 is 54.8 Å². The molecule has 0 saturated carbocycles. The van der Waals surface area contributed by atoms with Crippen LogP contribution in [0.2, 0.25) is 0 Å². The summed E-state index contributed by atoms with van der Waals surface area (Å²) in [6, 6.07) is 2.62. The number of amides is 1. The lowest BCUT2D eigenvalue weighted by Crippen LogP contribution is -2.41. The summed E-state index contributed by atoms with van der Waals surface area (Å²) < 4.78 is 48.0.